The van der Waals surface area contributed by atoms with Crippen molar-refractivity contribution in [1.82, 2.24) is 4.98 Å². The molecule has 0 spiro atoms. The van der Waals surface area contributed by atoms with Crippen molar-refractivity contribution in [2.24, 2.45) is 0 Å². The quantitative estimate of drug-likeness (QED) is 0.689. The monoisotopic (exact) mass is 327 g/mol. The number of hydrogen-bond donors (Lipinski definition) is 2. The van der Waals surface area contributed by atoms with E-state index in [-0.39, 0.29) is 17.9 Å². The predicted molar refractivity (Wildman–Crippen MR) is 93.9 cm³/mol. The van der Waals surface area contributed by atoms with Crippen molar-refractivity contribution in [1.29, 1.82) is 0 Å². The van der Waals surface area contributed by atoms with E-state index in [9.17, 15) is 4.79 Å². The number of aromatic amines is 1. The number of fused-ring (bicyclic) bond motifs is 1. The lowest BCUT2D eigenvalue weighted by molar-refractivity contribution is -0.709. The molecule has 0 aliphatic heterocycles. The average molecular weight is 328 g/mol. The number of carbonyl (C=O) groups is 1. The summed E-state index contributed by atoms with van der Waals surface area (Å²) in [5.41, 5.74) is 2.87. The van der Waals surface area contributed by atoms with Crippen molar-refractivity contribution in [3.05, 3.63) is 70.9 Å². The van der Waals surface area contributed by atoms with E-state index in [4.69, 9.17) is 11.6 Å². The van der Waals surface area contributed by atoms with Crippen LogP contribution in [0.5, 0.6) is 0 Å². The summed E-state index contributed by atoms with van der Waals surface area (Å²) in [5.74, 6) is 0.135. The van der Waals surface area contributed by atoms with E-state index in [1.165, 1.54) is 0 Å². The van der Waals surface area contributed by atoms with Crippen LogP contribution in [0.1, 0.15) is 35.8 Å². The highest BCUT2D eigenvalue weighted by atomic mass is 35.5. The summed E-state index contributed by atoms with van der Waals surface area (Å²) >= 11 is 6.05. The van der Waals surface area contributed by atoms with Gasteiger partial charge >= 0.3 is 0 Å². The first-order valence-electron chi connectivity index (χ1n) is 7.77. The fourth-order valence-electron chi connectivity index (χ4n) is 2.94. The Bertz CT molecular complexity index is 840. The summed E-state index contributed by atoms with van der Waals surface area (Å²) in [6, 6.07) is 15.7. The lowest BCUT2D eigenvalue weighted by Crippen LogP contribution is -2.91. The van der Waals surface area contributed by atoms with E-state index in [1.54, 1.807) is 6.20 Å². The van der Waals surface area contributed by atoms with Gasteiger partial charge in [-0.25, -0.2) is 0 Å². The molecule has 0 bridgehead atoms. The van der Waals surface area contributed by atoms with Crippen LogP contribution >= 0.6 is 11.6 Å². The maximum Gasteiger partial charge on any atom is 0.221 e. The van der Waals surface area contributed by atoms with Crippen molar-refractivity contribution in [3.63, 3.8) is 0 Å². The molecule has 3 rings (SSSR count). The first kappa shape index (κ1) is 15.8. The molecule has 4 heteroatoms. The second-order valence-electron chi connectivity index (χ2n) is 5.94. The molecule has 3 N–H and O–H groups in total. The van der Waals surface area contributed by atoms with E-state index >= 15 is 0 Å². The smallest absolute Gasteiger partial charge is 0.221 e. The minimum atomic E-state index is -0.164. The number of quaternary nitrogens is 1. The summed E-state index contributed by atoms with van der Waals surface area (Å²) in [7, 11) is 0. The van der Waals surface area contributed by atoms with Gasteiger partial charge < -0.3 is 10.3 Å². The molecule has 0 saturated carbocycles. The lowest BCUT2D eigenvalue weighted by atomic mass is 10.0. The van der Waals surface area contributed by atoms with Gasteiger partial charge in [0, 0.05) is 33.2 Å². The first-order valence-corrected chi connectivity index (χ1v) is 8.15. The molecule has 23 heavy (non-hydrogen) atoms. The van der Waals surface area contributed by atoms with Crippen LogP contribution in [-0.2, 0) is 0 Å². The van der Waals surface area contributed by atoms with E-state index in [1.807, 2.05) is 55.5 Å². The second kappa shape index (κ2) is 6.57. The Morgan fingerprint density at radius 3 is 2.70 bits per heavy atom. The highest BCUT2D eigenvalue weighted by Crippen LogP contribution is 2.19. The number of aromatic nitrogens is 1. The number of rotatable bonds is 5. The third kappa shape index (κ3) is 3.31. The first-order chi connectivity index (χ1) is 11.1. The minimum absolute atomic E-state index is 0.135. The van der Waals surface area contributed by atoms with E-state index in [0.29, 0.717) is 0 Å². The molecule has 0 amide bonds. The molecule has 1 aromatic heterocycles. The molecule has 118 valence electrons. The highest BCUT2D eigenvalue weighted by molar-refractivity contribution is 6.30. The van der Waals surface area contributed by atoms with Gasteiger partial charge in [0.25, 0.3) is 0 Å². The zero-order valence-electron chi connectivity index (χ0n) is 13.2. The number of H-pyrrole nitrogens is 1. The minimum Gasteiger partial charge on any atom is -0.360 e. The Labute approximate surface area is 140 Å². The fourth-order valence-corrected chi connectivity index (χ4v) is 3.14. The lowest BCUT2D eigenvalue weighted by Gasteiger charge is -2.16. The highest BCUT2D eigenvalue weighted by Gasteiger charge is 2.23. The molecule has 1 heterocycles. The number of para-hydroxylation sites is 1. The molecule has 3 nitrogen and oxygen atoms in total. The molecule has 2 aromatic carbocycles. The Hall–Kier alpha value is -2.10. The molecule has 0 radical (unpaired) electrons. The van der Waals surface area contributed by atoms with Crippen LogP contribution in [0.15, 0.2) is 54.7 Å². The van der Waals surface area contributed by atoms with E-state index in [0.717, 1.165) is 27.1 Å². The van der Waals surface area contributed by atoms with Gasteiger partial charge in [0.2, 0.25) is 5.78 Å². The number of halogens is 1. The molecule has 0 aliphatic rings. The Balaban J connectivity index is 1.77. The Morgan fingerprint density at radius 1 is 1.13 bits per heavy atom. The molecular formula is C19H20ClN2O+. The van der Waals surface area contributed by atoms with Crippen molar-refractivity contribution in [2.45, 2.75) is 25.9 Å². The van der Waals surface area contributed by atoms with Crippen LogP contribution < -0.4 is 5.32 Å². The van der Waals surface area contributed by atoms with Crippen LogP contribution in [0.2, 0.25) is 5.02 Å². The molecule has 0 saturated heterocycles. The molecule has 3 aromatic rings. The Morgan fingerprint density at radius 2 is 1.91 bits per heavy atom. The molecule has 2 atom stereocenters. The number of nitrogens with one attached hydrogen (secondary N) is 1. The van der Waals surface area contributed by atoms with E-state index < -0.39 is 0 Å². The SMILES string of the molecule is C[C@H]([NH2+][C@@H](C)c1cccc(Cl)c1)C(=O)c1c[nH]c2ccccc12. The maximum atomic E-state index is 12.8. The molecule has 0 unspecified atom stereocenters. The number of Topliss-reactive ketones (excluding diaryl/α,β-unsaturated/α-hetero) is 1. The average Bonchev–Trinajstić information content (AvgIpc) is 2.98. The van der Waals surface area contributed by atoms with Crippen molar-refractivity contribution >= 4 is 28.3 Å². The zero-order chi connectivity index (χ0) is 16.4. The van der Waals surface area contributed by atoms with Gasteiger partial charge in [-0.1, -0.05) is 41.9 Å². The molecule has 0 aliphatic carbocycles. The van der Waals surface area contributed by atoms with Crippen LogP contribution in [0, 0.1) is 0 Å². The maximum absolute atomic E-state index is 12.8. The number of benzene rings is 2. The zero-order valence-corrected chi connectivity index (χ0v) is 14.0. The normalized spacial score (nSPS) is 13.9. The van der Waals surface area contributed by atoms with Gasteiger partial charge in [0.1, 0.15) is 12.1 Å². The largest absolute Gasteiger partial charge is 0.360 e. The number of hydrogen-bond acceptors (Lipinski definition) is 1. The molecule has 0 fully saturated rings. The van der Waals surface area contributed by atoms with Crippen LogP contribution in [0.3, 0.4) is 0 Å². The van der Waals surface area contributed by atoms with Gasteiger partial charge in [-0.05, 0) is 32.0 Å². The third-order valence-corrected chi connectivity index (χ3v) is 4.46. The second-order valence-corrected chi connectivity index (χ2v) is 6.37. The van der Waals surface area contributed by atoms with Gasteiger partial charge in [0.15, 0.2) is 0 Å². The summed E-state index contributed by atoms with van der Waals surface area (Å²) in [6.45, 7) is 4.04. The summed E-state index contributed by atoms with van der Waals surface area (Å²) < 4.78 is 0. The number of nitrogens with two attached hydrogens (primary N) is 1. The van der Waals surface area contributed by atoms with Crippen molar-refractivity contribution in [3.8, 4) is 0 Å². The van der Waals surface area contributed by atoms with Gasteiger partial charge in [-0.3, -0.25) is 4.79 Å². The third-order valence-electron chi connectivity index (χ3n) is 4.22. The number of carbonyl (C=O) groups excluding carboxylic acids is 1. The summed E-state index contributed by atoms with van der Waals surface area (Å²) in [5, 5.41) is 3.78. The standard InChI is InChI=1S/C19H19ClN2O/c1-12(14-6-5-7-15(20)10-14)22-13(2)19(23)17-11-21-18-9-4-3-8-16(17)18/h3-13,21-22H,1-2H3/p+1/t12-,13-/m0/s1. The van der Waals surface area contributed by atoms with Crippen LogP contribution in [0.25, 0.3) is 10.9 Å². The summed E-state index contributed by atoms with van der Waals surface area (Å²) in [6.07, 6.45) is 1.81. The van der Waals surface area contributed by atoms with Gasteiger partial charge in [-0.15, -0.1) is 0 Å². The van der Waals surface area contributed by atoms with Gasteiger partial charge in [0.05, 0.1) is 0 Å². The number of ketones is 1. The predicted octanol–water partition coefficient (Wildman–Crippen LogP) is 3.72. The van der Waals surface area contributed by atoms with Gasteiger partial charge in [-0.2, -0.15) is 0 Å². The topological polar surface area (TPSA) is 49.5 Å². The van der Waals surface area contributed by atoms with Crippen molar-refractivity contribution in [2.75, 3.05) is 0 Å². The summed E-state index contributed by atoms with van der Waals surface area (Å²) in [4.78, 5) is 15.9. The Kier molecular flexibility index (Phi) is 4.51. The fraction of sp³-hybridized carbons (Fsp3) is 0.211. The van der Waals surface area contributed by atoms with Crippen LogP contribution in [-0.4, -0.2) is 16.8 Å². The molecular weight excluding hydrogens is 308 g/mol. The van der Waals surface area contributed by atoms with Crippen LogP contribution in [0.4, 0.5) is 0 Å². The van der Waals surface area contributed by atoms with E-state index in [2.05, 4.69) is 17.2 Å². The van der Waals surface area contributed by atoms with Crippen molar-refractivity contribution < 1.29 is 10.1 Å².